The van der Waals surface area contributed by atoms with Crippen LogP contribution in [0.15, 0.2) is 0 Å². The molecule has 4 nitrogen and oxygen atoms in total. The van der Waals surface area contributed by atoms with Crippen molar-refractivity contribution in [2.24, 2.45) is 0 Å². The summed E-state index contributed by atoms with van der Waals surface area (Å²) in [7, 11) is 0. The van der Waals surface area contributed by atoms with Gasteiger partial charge in [-0.05, 0) is 0 Å². The first-order valence-corrected chi connectivity index (χ1v) is 12.2. The van der Waals surface area contributed by atoms with Gasteiger partial charge in [-0.15, -0.1) is 0 Å². The SMILES string of the molecule is C1CSC([B-](C2NCCS2)(C2NCCS2)C2NCCS2)N1.[Na+]. The van der Waals surface area contributed by atoms with Crippen LogP contribution in [-0.2, 0) is 0 Å². The third-order valence-corrected chi connectivity index (χ3v) is 10.8. The Morgan fingerprint density at radius 1 is 0.545 bits per heavy atom. The Hall–Kier alpha value is 2.30. The Morgan fingerprint density at radius 3 is 1.00 bits per heavy atom. The van der Waals surface area contributed by atoms with E-state index in [4.69, 9.17) is 0 Å². The van der Waals surface area contributed by atoms with Crippen LogP contribution in [0.4, 0.5) is 0 Å². The smallest absolute Gasteiger partial charge is 0.338 e. The van der Waals surface area contributed by atoms with Gasteiger partial charge in [0.15, 0.2) is 0 Å². The van der Waals surface area contributed by atoms with E-state index in [-0.39, 0.29) is 29.6 Å². The molecule has 4 fully saturated rings. The molecule has 4 heterocycles. The van der Waals surface area contributed by atoms with E-state index in [0.29, 0.717) is 21.1 Å². The van der Waals surface area contributed by atoms with Crippen LogP contribution in [0.3, 0.4) is 0 Å². The Kier molecular flexibility index (Phi) is 7.63. The van der Waals surface area contributed by atoms with Crippen molar-refractivity contribution in [3.05, 3.63) is 0 Å². The van der Waals surface area contributed by atoms with Crippen LogP contribution in [0.2, 0.25) is 0 Å². The maximum absolute atomic E-state index is 3.86. The third kappa shape index (κ3) is 3.43. The molecule has 4 aliphatic heterocycles. The summed E-state index contributed by atoms with van der Waals surface area (Å²) >= 11 is 8.67. The number of rotatable bonds is 4. The average molecular weight is 386 g/mol. The minimum Gasteiger partial charge on any atom is -0.338 e. The van der Waals surface area contributed by atoms with E-state index in [1.54, 1.807) is 0 Å². The number of hydrogen-bond acceptors (Lipinski definition) is 8. The fraction of sp³-hybridized carbons (Fsp3) is 1.00. The fourth-order valence-electron chi connectivity index (χ4n) is 4.22. The summed E-state index contributed by atoms with van der Waals surface area (Å²) in [5.41, 5.74) is 0. The molecule has 0 aliphatic carbocycles. The maximum atomic E-state index is 3.86. The standard InChI is InChI=1S/C12H24BN4S4.Na/c1-5-18-9(14-1)13(10-15-2-6-19-10,11-16-3-7-20-11)12-17-4-8-21-12;/h9-12,14-17H,1-8H2;/q-1;+1. The molecule has 0 amide bonds. The molecule has 4 N–H and O–H groups in total. The Balaban J connectivity index is 0.00000144. The zero-order valence-electron chi connectivity index (χ0n) is 13.2. The molecule has 4 saturated heterocycles. The van der Waals surface area contributed by atoms with Crippen molar-refractivity contribution < 1.29 is 29.6 Å². The average Bonchev–Trinajstić information content (AvgIpc) is 3.32. The minimum atomic E-state index is -0.620. The van der Waals surface area contributed by atoms with Crippen LogP contribution in [-0.4, -0.2) is 76.4 Å². The summed E-state index contributed by atoms with van der Waals surface area (Å²) in [5, 5.41) is 17.9. The maximum Gasteiger partial charge on any atom is 1.00 e. The van der Waals surface area contributed by atoms with Crippen molar-refractivity contribution in [1.29, 1.82) is 0 Å². The van der Waals surface area contributed by atoms with Gasteiger partial charge in [0.05, 0.1) is 0 Å². The van der Waals surface area contributed by atoms with Crippen LogP contribution in [0.25, 0.3) is 0 Å². The number of thioether (sulfide) groups is 4. The summed E-state index contributed by atoms with van der Waals surface area (Å²) < 4.78 is 0. The van der Waals surface area contributed by atoms with Gasteiger partial charge in [0.25, 0.3) is 0 Å². The zero-order chi connectivity index (χ0) is 14.1. The van der Waals surface area contributed by atoms with E-state index in [1.165, 1.54) is 49.2 Å². The van der Waals surface area contributed by atoms with Crippen molar-refractivity contribution in [2.45, 2.75) is 21.1 Å². The first-order valence-electron chi connectivity index (χ1n) is 8.00. The summed E-state index contributed by atoms with van der Waals surface area (Å²) in [5.74, 6) is 5.06. The van der Waals surface area contributed by atoms with Crippen LogP contribution in [0.5, 0.6) is 0 Å². The van der Waals surface area contributed by atoms with Crippen LogP contribution < -0.4 is 50.8 Å². The molecule has 0 bridgehead atoms. The summed E-state index contributed by atoms with van der Waals surface area (Å²) in [6.45, 7) is 4.69. The van der Waals surface area contributed by atoms with Crippen LogP contribution >= 0.6 is 47.0 Å². The predicted molar refractivity (Wildman–Crippen MR) is 103 cm³/mol. The number of nitrogens with one attached hydrogen (secondary N) is 4. The van der Waals surface area contributed by atoms with Crippen LogP contribution in [0.1, 0.15) is 0 Å². The molecule has 10 heteroatoms. The molecule has 22 heavy (non-hydrogen) atoms. The van der Waals surface area contributed by atoms with Gasteiger partial charge in [0.1, 0.15) is 6.15 Å². The first-order chi connectivity index (χ1) is 10.4. The Morgan fingerprint density at radius 2 is 0.818 bits per heavy atom. The molecular weight excluding hydrogens is 362 g/mol. The molecule has 4 aliphatic rings. The molecule has 120 valence electrons. The molecule has 0 radical (unpaired) electrons. The van der Waals surface area contributed by atoms with Gasteiger partial charge < -0.3 is 21.3 Å². The monoisotopic (exact) mass is 386 g/mol. The van der Waals surface area contributed by atoms with Crippen molar-refractivity contribution in [1.82, 2.24) is 21.3 Å². The van der Waals surface area contributed by atoms with Gasteiger partial charge in [-0.1, -0.05) is 21.1 Å². The van der Waals surface area contributed by atoms with E-state index in [1.807, 2.05) is 0 Å². The van der Waals surface area contributed by atoms with Gasteiger partial charge in [-0.3, -0.25) is 0 Å². The largest absolute Gasteiger partial charge is 1.00 e. The minimum absolute atomic E-state index is 0. The second-order valence-corrected chi connectivity index (χ2v) is 11.1. The molecule has 0 aromatic carbocycles. The van der Waals surface area contributed by atoms with E-state index >= 15 is 0 Å². The van der Waals surface area contributed by atoms with Crippen molar-refractivity contribution in [3.8, 4) is 0 Å². The molecule has 0 aromatic rings. The second-order valence-electron chi connectivity index (χ2n) is 6.14. The molecule has 0 saturated carbocycles. The Bertz CT molecular complexity index is 290. The third-order valence-electron chi connectivity index (χ3n) is 5.08. The summed E-state index contributed by atoms with van der Waals surface area (Å²) in [6.07, 6.45) is -0.620. The van der Waals surface area contributed by atoms with Gasteiger partial charge >= 0.3 is 29.6 Å². The molecular formula is C12H24BN4NaS4. The van der Waals surface area contributed by atoms with Crippen molar-refractivity contribution in [2.75, 3.05) is 49.2 Å². The summed E-state index contributed by atoms with van der Waals surface area (Å²) in [4.78, 5) is 0. The molecule has 4 unspecified atom stereocenters. The quantitative estimate of drug-likeness (QED) is 0.388. The van der Waals surface area contributed by atoms with E-state index < -0.39 is 6.15 Å². The van der Waals surface area contributed by atoms with Gasteiger partial charge in [0, 0.05) is 49.2 Å². The molecule has 4 atom stereocenters. The van der Waals surface area contributed by atoms with Gasteiger partial charge in [-0.25, -0.2) is 0 Å². The fourth-order valence-corrected chi connectivity index (χ4v) is 10.9. The van der Waals surface area contributed by atoms with E-state index in [2.05, 4.69) is 68.3 Å². The van der Waals surface area contributed by atoms with Crippen molar-refractivity contribution >= 4 is 53.2 Å². The van der Waals surface area contributed by atoms with Crippen molar-refractivity contribution in [3.63, 3.8) is 0 Å². The van der Waals surface area contributed by atoms with E-state index in [9.17, 15) is 0 Å². The Labute approximate surface area is 172 Å². The summed E-state index contributed by atoms with van der Waals surface area (Å²) in [6, 6.07) is 0. The van der Waals surface area contributed by atoms with E-state index in [0.717, 1.165) is 0 Å². The predicted octanol–water partition coefficient (Wildman–Crippen LogP) is -2.75. The second kappa shape index (κ2) is 8.80. The van der Waals surface area contributed by atoms with Gasteiger partial charge in [-0.2, -0.15) is 47.0 Å². The normalized spacial score (nSPS) is 41.5. The molecule has 0 spiro atoms. The zero-order valence-corrected chi connectivity index (χ0v) is 18.4. The number of hydrogen-bond donors (Lipinski definition) is 4. The van der Waals surface area contributed by atoms with Gasteiger partial charge in [0.2, 0.25) is 0 Å². The molecule has 0 aromatic heterocycles. The molecule has 4 rings (SSSR count). The van der Waals surface area contributed by atoms with Crippen LogP contribution in [0, 0.1) is 0 Å². The topological polar surface area (TPSA) is 48.1 Å². The first kappa shape index (κ1) is 19.1.